The predicted molar refractivity (Wildman–Crippen MR) is 134 cm³/mol. The van der Waals surface area contributed by atoms with Gasteiger partial charge in [0.05, 0.1) is 6.54 Å². The molecule has 1 fully saturated rings. The highest BCUT2D eigenvalue weighted by atomic mass is 16.6. The van der Waals surface area contributed by atoms with E-state index in [1.54, 1.807) is 21.7 Å². The highest BCUT2D eigenvalue weighted by Gasteiger charge is 2.30. The lowest BCUT2D eigenvalue weighted by Crippen LogP contribution is -2.41. The first-order valence-corrected chi connectivity index (χ1v) is 12.3. The summed E-state index contributed by atoms with van der Waals surface area (Å²) in [6, 6.07) is 14.7. The number of ether oxygens (including phenoxy) is 3. The predicted octanol–water partition coefficient (Wildman–Crippen LogP) is 4.80. The van der Waals surface area contributed by atoms with Crippen molar-refractivity contribution in [2.75, 3.05) is 19.7 Å². The van der Waals surface area contributed by atoms with Gasteiger partial charge in [-0.25, -0.2) is 9.48 Å². The van der Waals surface area contributed by atoms with Crippen LogP contribution in [0.2, 0.25) is 0 Å². The molecule has 0 spiro atoms. The lowest BCUT2D eigenvalue weighted by molar-refractivity contribution is 0.0202. The number of rotatable bonds is 7. The van der Waals surface area contributed by atoms with Gasteiger partial charge in [-0.1, -0.05) is 12.1 Å². The summed E-state index contributed by atoms with van der Waals surface area (Å²) in [5, 5.41) is 12.2. The normalized spacial score (nSPS) is 14.6. The third kappa shape index (κ3) is 6.16. The average Bonchev–Trinajstić information content (AvgIpc) is 3.51. The van der Waals surface area contributed by atoms with Crippen molar-refractivity contribution in [3.63, 3.8) is 0 Å². The van der Waals surface area contributed by atoms with Crippen molar-refractivity contribution in [1.29, 1.82) is 0 Å². The van der Waals surface area contributed by atoms with Gasteiger partial charge in [0.1, 0.15) is 29.2 Å². The zero-order valence-electron chi connectivity index (χ0n) is 21.2. The Balaban J connectivity index is 1.10. The molecule has 4 aromatic rings. The summed E-state index contributed by atoms with van der Waals surface area (Å²) in [6.07, 6.45) is 1.48. The molecule has 0 aliphatic carbocycles. The van der Waals surface area contributed by atoms with Gasteiger partial charge in [0, 0.05) is 19.0 Å². The van der Waals surface area contributed by atoms with Gasteiger partial charge in [-0.2, -0.15) is 4.98 Å². The Bertz CT molecular complexity index is 1300. The molecule has 2 aromatic carbocycles. The highest BCUT2D eigenvalue weighted by molar-refractivity contribution is 5.72. The maximum atomic E-state index is 12.3. The van der Waals surface area contributed by atoms with Gasteiger partial charge in [0.2, 0.25) is 0 Å². The van der Waals surface area contributed by atoms with Crippen LogP contribution in [0.25, 0.3) is 11.1 Å². The number of hydrogen-bond acceptors (Lipinski definition) is 9. The molecular weight excluding hydrogens is 476 g/mol. The maximum Gasteiger partial charge on any atom is 0.410 e. The summed E-state index contributed by atoms with van der Waals surface area (Å²) < 4.78 is 24.5. The number of fused-ring (bicyclic) bond motifs is 1. The molecule has 0 atom stereocenters. The molecule has 2 aromatic heterocycles. The Hall–Kier alpha value is -4.15. The molecule has 11 heteroatoms. The molecule has 1 saturated heterocycles. The van der Waals surface area contributed by atoms with Crippen LogP contribution >= 0.6 is 0 Å². The number of oxazole rings is 1. The Morgan fingerprint density at radius 1 is 1.05 bits per heavy atom. The van der Waals surface area contributed by atoms with Gasteiger partial charge >= 0.3 is 12.2 Å². The lowest BCUT2D eigenvalue weighted by Gasteiger charge is -2.32. The van der Waals surface area contributed by atoms with Crippen LogP contribution in [0.3, 0.4) is 0 Å². The second-order valence-electron chi connectivity index (χ2n) is 9.87. The molecule has 0 unspecified atom stereocenters. The van der Waals surface area contributed by atoms with E-state index in [9.17, 15) is 4.79 Å². The van der Waals surface area contributed by atoms with E-state index in [1.807, 2.05) is 57.2 Å². The molecule has 194 valence electrons. The van der Waals surface area contributed by atoms with Crippen molar-refractivity contribution in [3.05, 3.63) is 54.4 Å². The van der Waals surface area contributed by atoms with Crippen molar-refractivity contribution in [2.24, 2.45) is 0 Å². The summed E-state index contributed by atoms with van der Waals surface area (Å²) in [6.45, 7) is 7.75. The van der Waals surface area contributed by atoms with E-state index in [4.69, 9.17) is 18.6 Å². The molecular formula is C26H30N6O5. The zero-order chi connectivity index (χ0) is 25.8. The number of tetrazole rings is 1. The van der Waals surface area contributed by atoms with Gasteiger partial charge in [-0.15, -0.1) is 5.10 Å². The Morgan fingerprint density at radius 3 is 2.51 bits per heavy atom. The van der Waals surface area contributed by atoms with E-state index >= 15 is 0 Å². The van der Waals surface area contributed by atoms with Crippen LogP contribution in [0, 0.1) is 0 Å². The number of benzene rings is 2. The van der Waals surface area contributed by atoms with Crippen LogP contribution in [-0.2, 0) is 11.3 Å². The molecule has 0 bridgehead atoms. The largest absolute Gasteiger partial charge is 0.492 e. The van der Waals surface area contributed by atoms with Gasteiger partial charge in [0.25, 0.3) is 0 Å². The van der Waals surface area contributed by atoms with E-state index < -0.39 is 5.60 Å². The minimum Gasteiger partial charge on any atom is -0.492 e. The van der Waals surface area contributed by atoms with E-state index in [2.05, 4.69) is 20.5 Å². The number of para-hydroxylation sites is 2. The molecule has 1 amide bonds. The standard InChI is InChI=1S/C26H30N6O5/c1-26(2,3)37-25(33)31-14-12-18(13-15-31)23-28-29-30-32(23)16-17-34-19-8-10-20(11-9-19)35-24-27-21-6-4-5-7-22(21)36-24/h4-11,18H,12-17H2,1-3H3. The summed E-state index contributed by atoms with van der Waals surface area (Å²) in [5.41, 5.74) is 0.915. The second-order valence-corrected chi connectivity index (χ2v) is 9.87. The lowest BCUT2D eigenvalue weighted by atomic mass is 9.96. The van der Waals surface area contributed by atoms with Gasteiger partial charge in [-0.05, 0) is 80.4 Å². The quantitative estimate of drug-likeness (QED) is 0.348. The molecule has 37 heavy (non-hydrogen) atoms. The minimum absolute atomic E-state index is 0.178. The van der Waals surface area contributed by atoms with Crippen molar-refractivity contribution in [1.82, 2.24) is 30.1 Å². The number of nitrogens with zero attached hydrogens (tertiary/aromatic N) is 6. The van der Waals surface area contributed by atoms with Gasteiger partial charge in [0.15, 0.2) is 11.4 Å². The molecule has 3 heterocycles. The molecule has 11 nitrogen and oxygen atoms in total. The molecule has 5 rings (SSSR count). The Labute approximate surface area is 214 Å². The fourth-order valence-electron chi connectivity index (χ4n) is 4.16. The highest BCUT2D eigenvalue weighted by Crippen LogP contribution is 2.28. The smallest absolute Gasteiger partial charge is 0.410 e. The van der Waals surface area contributed by atoms with Crippen molar-refractivity contribution < 1.29 is 23.4 Å². The summed E-state index contributed by atoms with van der Waals surface area (Å²) in [7, 11) is 0. The Morgan fingerprint density at radius 2 is 1.78 bits per heavy atom. The first kappa shape index (κ1) is 24.5. The molecule has 0 N–H and O–H groups in total. The zero-order valence-corrected chi connectivity index (χ0v) is 21.2. The van der Waals surface area contributed by atoms with Crippen molar-refractivity contribution in [3.8, 4) is 17.6 Å². The topological polar surface area (TPSA) is 118 Å². The van der Waals surface area contributed by atoms with Crippen LogP contribution in [0.4, 0.5) is 4.79 Å². The average molecular weight is 507 g/mol. The Kier molecular flexibility index (Phi) is 6.93. The summed E-state index contributed by atoms with van der Waals surface area (Å²) >= 11 is 0. The first-order chi connectivity index (χ1) is 17.8. The molecule has 1 aliphatic heterocycles. The number of aromatic nitrogens is 5. The van der Waals surface area contributed by atoms with E-state index in [0.717, 1.165) is 24.2 Å². The monoisotopic (exact) mass is 506 g/mol. The van der Waals surface area contributed by atoms with E-state index in [0.29, 0.717) is 43.3 Å². The van der Waals surface area contributed by atoms with Crippen LogP contribution in [0.1, 0.15) is 45.4 Å². The number of likely N-dealkylation sites (tertiary alicyclic amines) is 1. The first-order valence-electron chi connectivity index (χ1n) is 12.3. The van der Waals surface area contributed by atoms with Crippen LogP contribution < -0.4 is 9.47 Å². The third-order valence-corrected chi connectivity index (χ3v) is 5.95. The summed E-state index contributed by atoms with van der Waals surface area (Å²) in [4.78, 5) is 18.4. The fourth-order valence-corrected chi connectivity index (χ4v) is 4.16. The third-order valence-electron chi connectivity index (χ3n) is 5.95. The number of carbonyl (C=O) groups excluding carboxylic acids is 1. The maximum absolute atomic E-state index is 12.3. The molecule has 0 radical (unpaired) electrons. The fraction of sp³-hybridized carbons (Fsp3) is 0.423. The molecule has 1 aliphatic rings. The number of piperidine rings is 1. The second kappa shape index (κ2) is 10.5. The van der Waals surface area contributed by atoms with E-state index in [1.165, 1.54) is 0 Å². The van der Waals surface area contributed by atoms with Gasteiger partial charge < -0.3 is 23.5 Å². The van der Waals surface area contributed by atoms with E-state index in [-0.39, 0.29) is 18.1 Å². The minimum atomic E-state index is -0.503. The van der Waals surface area contributed by atoms with Gasteiger partial charge in [-0.3, -0.25) is 0 Å². The van der Waals surface area contributed by atoms with Crippen LogP contribution in [0.15, 0.2) is 52.9 Å². The number of amides is 1. The van der Waals surface area contributed by atoms with Crippen LogP contribution in [-0.4, -0.2) is 61.5 Å². The number of carbonyl (C=O) groups is 1. The number of hydrogen-bond donors (Lipinski definition) is 0. The summed E-state index contributed by atoms with van der Waals surface area (Å²) in [5.74, 6) is 2.29. The van der Waals surface area contributed by atoms with Crippen molar-refractivity contribution >= 4 is 17.2 Å². The van der Waals surface area contributed by atoms with Crippen LogP contribution in [0.5, 0.6) is 17.6 Å². The molecule has 0 saturated carbocycles. The SMILES string of the molecule is CC(C)(C)OC(=O)N1CCC(c2nnnn2CCOc2ccc(Oc3nc4ccccc4o3)cc2)CC1. The van der Waals surface area contributed by atoms with Crippen molar-refractivity contribution in [2.45, 2.75) is 51.7 Å².